The number of aliphatic hydroxyl groups is 1. The summed E-state index contributed by atoms with van der Waals surface area (Å²) in [5, 5.41) is 12.4. The van der Waals surface area contributed by atoms with Crippen LogP contribution in [-0.2, 0) is 16.1 Å². The predicted octanol–water partition coefficient (Wildman–Crippen LogP) is 3.93. The molecule has 2 aliphatic rings. The molecule has 1 aliphatic carbocycles. The molecule has 2 heterocycles. The summed E-state index contributed by atoms with van der Waals surface area (Å²) in [6.45, 7) is 2.39. The van der Waals surface area contributed by atoms with Gasteiger partial charge in [0.25, 0.3) is 5.91 Å². The van der Waals surface area contributed by atoms with Gasteiger partial charge >= 0.3 is 0 Å². The summed E-state index contributed by atoms with van der Waals surface area (Å²) in [5.74, 6) is -0.952. The van der Waals surface area contributed by atoms with Gasteiger partial charge in [0.1, 0.15) is 0 Å². The predicted molar refractivity (Wildman–Crippen MR) is 96.2 cm³/mol. The number of carbonyl (C=O) groups is 2. The molecule has 1 N–H and O–H groups in total. The number of rotatable bonds is 5. The van der Waals surface area contributed by atoms with Crippen molar-refractivity contribution < 1.29 is 14.7 Å². The SMILES string of the molecule is Cc1ccc(C2C(C(=O)C3CC3)=C(O)C(=O)N2Cc2cccs2)cc1. The van der Waals surface area contributed by atoms with Crippen molar-refractivity contribution in [3.05, 3.63) is 69.1 Å². The zero-order valence-corrected chi connectivity index (χ0v) is 14.8. The number of nitrogens with zero attached hydrogens (tertiary/aromatic N) is 1. The molecule has 4 nitrogen and oxygen atoms in total. The average Bonchev–Trinajstić information content (AvgIpc) is 3.28. The van der Waals surface area contributed by atoms with Gasteiger partial charge in [0, 0.05) is 10.8 Å². The van der Waals surface area contributed by atoms with Crippen LogP contribution in [0.15, 0.2) is 53.1 Å². The van der Waals surface area contributed by atoms with Crippen LogP contribution in [-0.4, -0.2) is 21.7 Å². The average molecular weight is 353 g/mol. The maximum atomic E-state index is 12.8. The van der Waals surface area contributed by atoms with E-state index in [4.69, 9.17) is 0 Å². The Labute approximate surface area is 150 Å². The fourth-order valence-corrected chi connectivity index (χ4v) is 4.00. The molecule has 0 radical (unpaired) electrons. The highest BCUT2D eigenvalue weighted by Gasteiger charge is 2.46. The summed E-state index contributed by atoms with van der Waals surface area (Å²) in [4.78, 5) is 28.1. The van der Waals surface area contributed by atoms with Gasteiger partial charge in [-0.05, 0) is 36.8 Å². The van der Waals surface area contributed by atoms with Gasteiger partial charge in [-0.25, -0.2) is 0 Å². The van der Waals surface area contributed by atoms with Crippen molar-refractivity contribution in [3.63, 3.8) is 0 Å². The molecular formula is C20H19NO3S. The fourth-order valence-electron chi connectivity index (χ4n) is 3.30. The number of hydrogen-bond acceptors (Lipinski definition) is 4. The molecule has 1 fully saturated rings. The van der Waals surface area contributed by atoms with Gasteiger partial charge in [0.15, 0.2) is 11.5 Å². The van der Waals surface area contributed by atoms with Crippen LogP contribution in [0.25, 0.3) is 0 Å². The number of aryl methyl sites for hydroxylation is 1. The third-order valence-corrected chi connectivity index (χ3v) is 5.68. The van der Waals surface area contributed by atoms with Crippen LogP contribution >= 0.6 is 11.3 Å². The molecule has 0 bridgehead atoms. The Hall–Kier alpha value is -2.40. The molecule has 1 aromatic carbocycles. The number of benzene rings is 1. The number of carbonyl (C=O) groups excluding carboxylic acids is 2. The number of thiophene rings is 1. The molecular weight excluding hydrogens is 334 g/mol. The van der Waals surface area contributed by atoms with Crippen LogP contribution in [0.4, 0.5) is 0 Å². The molecule has 1 aromatic heterocycles. The third-order valence-electron chi connectivity index (χ3n) is 4.82. The molecule has 5 heteroatoms. The van der Waals surface area contributed by atoms with Crippen LogP contribution in [0.2, 0.25) is 0 Å². The molecule has 0 saturated heterocycles. The third kappa shape index (κ3) is 2.89. The minimum Gasteiger partial charge on any atom is -0.503 e. The Kier molecular flexibility index (Phi) is 3.96. The van der Waals surface area contributed by atoms with Crippen molar-refractivity contribution in [3.8, 4) is 0 Å². The van der Waals surface area contributed by atoms with Crippen molar-refractivity contribution in [2.75, 3.05) is 0 Å². The lowest BCUT2D eigenvalue weighted by Crippen LogP contribution is -2.30. The Bertz CT molecular complexity index is 848. The van der Waals surface area contributed by atoms with E-state index in [9.17, 15) is 14.7 Å². The van der Waals surface area contributed by atoms with E-state index in [1.54, 1.807) is 16.2 Å². The van der Waals surface area contributed by atoms with Crippen LogP contribution in [0.1, 0.15) is 34.9 Å². The lowest BCUT2D eigenvalue weighted by atomic mass is 9.93. The number of Topliss-reactive ketones (excluding diaryl/α,β-unsaturated/α-hetero) is 1. The topological polar surface area (TPSA) is 57.6 Å². The van der Waals surface area contributed by atoms with E-state index < -0.39 is 11.9 Å². The van der Waals surface area contributed by atoms with Gasteiger partial charge < -0.3 is 10.0 Å². The number of ketones is 1. The quantitative estimate of drug-likeness (QED) is 0.886. The van der Waals surface area contributed by atoms with E-state index in [1.165, 1.54) is 0 Å². The van der Waals surface area contributed by atoms with E-state index in [0.717, 1.165) is 28.8 Å². The Morgan fingerprint density at radius 1 is 1.24 bits per heavy atom. The van der Waals surface area contributed by atoms with E-state index in [0.29, 0.717) is 6.54 Å². The second kappa shape index (κ2) is 6.15. The van der Waals surface area contributed by atoms with Gasteiger partial charge in [-0.3, -0.25) is 9.59 Å². The maximum absolute atomic E-state index is 12.8. The molecule has 1 saturated carbocycles. The first-order chi connectivity index (χ1) is 12.1. The van der Waals surface area contributed by atoms with Crippen molar-refractivity contribution in [2.24, 2.45) is 5.92 Å². The molecule has 4 rings (SSSR count). The molecule has 0 spiro atoms. The Morgan fingerprint density at radius 2 is 1.96 bits per heavy atom. The van der Waals surface area contributed by atoms with Gasteiger partial charge in [0.2, 0.25) is 0 Å². The van der Waals surface area contributed by atoms with Gasteiger partial charge in [0.05, 0.1) is 18.2 Å². The summed E-state index contributed by atoms with van der Waals surface area (Å²) in [7, 11) is 0. The highest BCUT2D eigenvalue weighted by Crippen LogP contribution is 2.44. The number of amides is 1. The van der Waals surface area contributed by atoms with Crippen LogP contribution in [0.3, 0.4) is 0 Å². The van der Waals surface area contributed by atoms with E-state index in [-0.39, 0.29) is 23.0 Å². The monoisotopic (exact) mass is 353 g/mol. The largest absolute Gasteiger partial charge is 0.503 e. The number of aliphatic hydroxyl groups excluding tert-OH is 1. The molecule has 25 heavy (non-hydrogen) atoms. The summed E-state index contributed by atoms with van der Waals surface area (Å²) in [6, 6.07) is 11.2. The summed E-state index contributed by atoms with van der Waals surface area (Å²) in [6.07, 6.45) is 1.69. The Morgan fingerprint density at radius 3 is 2.56 bits per heavy atom. The first-order valence-corrected chi connectivity index (χ1v) is 9.31. The van der Waals surface area contributed by atoms with Gasteiger partial charge in [-0.2, -0.15) is 0 Å². The maximum Gasteiger partial charge on any atom is 0.290 e. The van der Waals surface area contributed by atoms with Crippen molar-refractivity contribution in [2.45, 2.75) is 32.4 Å². The fraction of sp³-hybridized carbons (Fsp3) is 0.300. The van der Waals surface area contributed by atoms with E-state index in [2.05, 4.69) is 0 Å². The van der Waals surface area contributed by atoms with Gasteiger partial charge in [-0.1, -0.05) is 35.9 Å². The van der Waals surface area contributed by atoms with Crippen LogP contribution in [0, 0.1) is 12.8 Å². The molecule has 2 aromatic rings. The minimum atomic E-state index is -0.511. The Balaban J connectivity index is 1.76. The van der Waals surface area contributed by atoms with E-state index in [1.807, 2.05) is 48.7 Å². The van der Waals surface area contributed by atoms with Gasteiger partial charge in [-0.15, -0.1) is 11.3 Å². The minimum absolute atomic E-state index is 0.0420. The zero-order chi connectivity index (χ0) is 17.6. The molecule has 1 aliphatic heterocycles. The van der Waals surface area contributed by atoms with Crippen molar-refractivity contribution in [1.29, 1.82) is 0 Å². The normalized spacial score (nSPS) is 20.4. The summed E-state index contributed by atoms with van der Waals surface area (Å²) >= 11 is 1.56. The van der Waals surface area contributed by atoms with Crippen LogP contribution in [0.5, 0.6) is 0 Å². The first-order valence-electron chi connectivity index (χ1n) is 8.43. The second-order valence-corrected chi connectivity index (χ2v) is 7.76. The zero-order valence-electron chi connectivity index (χ0n) is 13.9. The molecule has 1 atom stereocenters. The molecule has 1 amide bonds. The van der Waals surface area contributed by atoms with Crippen molar-refractivity contribution >= 4 is 23.0 Å². The lowest BCUT2D eigenvalue weighted by Gasteiger charge is -2.26. The highest BCUT2D eigenvalue weighted by molar-refractivity contribution is 7.09. The van der Waals surface area contributed by atoms with Crippen molar-refractivity contribution in [1.82, 2.24) is 4.90 Å². The second-order valence-electron chi connectivity index (χ2n) is 6.73. The lowest BCUT2D eigenvalue weighted by molar-refractivity contribution is -0.130. The number of hydrogen-bond donors (Lipinski definition) is 1. The highest BCUT2D eigenvalue weighted by atomic mass is 32.1. The summed E-state index contributed by atoms with van der Waals surface area (Å²) in [5.41, 5.74) is 2.25. The van der Waals surface area contributed by atoms with E-state index >= 15 is 0 Å². The first kappa shape index (κ1) is 16.1. The van der Waals surface area contributed by atoms with Crippen LogP contribution < -0.4 is 0 Å². The molecule has 1 unspecified atom stereocenters. The smallest absolute Gasteiger partial charge is 0.290 e. The summed E-state index contributed by atoms with van der Waals surface area (Å²) < 4.78 is 0. The standard InChI is InChI=1S/C20H19NO3S/c1-12-4-6-13(7-5-12)17-16(18(22)14-8-9-14)19(23)20(24)21(17)11-15-3-2-10-25-15/h2-7,10,14,17,23H,8-9,11H2,1H3. The molecule has 128 valence electrons.